The normalized spacial score (nSPS) is 11.4. The number of benzene rings is 1. The number of nitrogens with one attached hydrogen (secondary N) is 1. The standard InChI is InChI=1S/C9H7F5N2O/c10-4-1-2-5(15)7(11)6(4)8(17)16-3-9(12,13)14/h1-2H,3,15H2,(H,16,17). The lowest BCUT2D eigenvalue weighted by Crippen LogP contribution is -2.34. The monoisotopic (exact) mass is 254 g/mol. The van der Waals surface area contributed by atoms with Crippen LogP contribution in [0, 0.1) is 11.6 Å². The molecule has 0 spiro atoms. The van der Waals surface area contributed by atoms with Crippen molar-refractivity contribution >= 4 is 11.6 Å². The summed E-state index contributed by atoms with van der Waals surface area (Å²) < 4.78 is 61.6. The highest BCUT2D eigenvalue weighted by atomic mass is 19.4. The quantitative estimate of drug-likeness (QED) is 0.625. The van der Waals surface area contributed by atoms with E-state index < -0.39 is 41.5 Å². The molecule has 0 saturated carbocycles. The van der Waals surface area contributed by atoms with Gasteiger partial charge in [-0.25, -0.2) is 8.78 Å². The molecule has 3 N–H and O–H groups in total. The molecule has 0 aliphatic rings. The van der Waals surface area contributed by atoms with E-state index in [1.165, 1.54) is 5.32 Å². The summed E-state index contributed by atoms with van der Waals surface area (Å²) in [4.78, 5) is 11.1. The van der Waals surface area contributed by atoms with Crippen molar-refractivity contribution < 1.29 is 26.7 Å². The molecule has 0 saturated heterocycles. The number of amides is 1. The fraction of sp³-hybridized carbons (Fsp3) is 0.222. The first-order chi connectivity index (χ1) is 7.72. The van der Waals surface area contributed by atoms with E-state index in [-0.39, 0.29) is 0 Å². The second-order valence-corrected chi connectivity index (χ2v) is 3.12. The van der Waals surface area contributed by atoms with Crippen molar-refractivity contribution in [2.45, 2.75) is 6.18 Å². The largest absolute Gasteiger partial charge is 0.405 e. The van der Waals surface area contributed by atoms with Gasteiger partial charge in [-0.2, -0.15) is 13.2 Å². The minimum atomic E-state index is -4.66. The maximum absolute atomic E-state index is 13.2. The summed E-state index contributed by atoms with van der Waals surface area (Å²) in [7, 11) is 0. The Bertz CT molecular complexity index is 444. The summed E-state index contributed by atoms with van der Waals surface area (Å²) in [5.74, 6) is -4.18. The highest BCUT2D eigenvalue weighted by molar-refractivity contribution is 5.95. The number of nitrogen functional groups attached to an aromatic ring is 1. The third kappa shape index (κ3) is 3.30. The Balaban J connectivity index is 2.93. The zero-order valence-electron chi connectivity index (χ0n) is 8.24. The highest BCUT2D eigenvalue weighted by Crippen LogP contribution is 2.19. The van der Waals surface area contributed by atoms with Gasteiger partial charge in [0.05, 0.1) is 5.69 Å². The van der Waals surface area contributed by atoms with Gasteiger partial charge in [0.25, 0.3) is 5.91 Å². The van der Waals surface area contributed by atoms with Crippen LogP contribution in [0.1, 0.15) is 10.4 Å². The first-order valence-corrected chi connectivity index (χ1v) is 4.31. The molecule has 1 aromatic carbocycles. The molecule has 0 radical (unpaired) electrons. The topological polar surface area (TPSA) is 55.1 Å². The first kappa shape index (κ1) is 13.2. The van der Waals surface area contributed by atoms with E-state index in [0.29, 0.717) is 6.07 Å². The van der Waals surface area contributed by atoms with E-state index in [2.05, 4.69) is 0 Å². The molecule has 0 aliphatic carbocycles. The molecule has 0 heterocycles. The van der Waals surface area contributed by atoms with Crippen molar-refractivity contribution in [3.8, 4) is 0 Å². The number of anilines is 1. The Morgan fingerprint density at radius 1 is 1.29 bits per heavy atom. The molecule has 0 unspecified atom stereocenters. The molecule has 0 fully saturated rings. The molecule has 0 aromatic heterocycles. The van der Waals surface area contributed by atoms with Gasteiger partial charge in [0.1, 0.15) is 17.9 Å². The van der Waals surface area contributed by atoms with Crippen LogP contribution in [0.15, 0.2) is 12.1 Å². The molecule has 94 valence electrons. The third-order valence-corrected chi connectivity index (χ3v) is 1.80. The number of rotatable bonds is 2. The van der Waals surface area contributed by atoms with Crippen molar-refractivity contribution in [1.82, 2.24) is 5.32 Å². The predicted molar refractivity (Wildman–Crippen MR) is 49.2 cm³/mol. The van der Waals surface area contributed by atoms with Gasteiger partial charge in [-0.05, 0) is 12.1 Å². The molecular formula is C9H7F5N2O. The fourth-order valence-electron chi connectivity index (χ4n) is 1.05. The van der Waals surface area contributed by atoms with Crippen LogP contribution in [0.3, 0.4) is 0 Å². The average Bonchev–Trinajstić information content (AvgIpc) is 2.20. The summed E-state index contributed by atoms with van der Waals surface area (Å²) >= 11 is 0. The van der Waals surface area contributed by atoms with Crippen LogP contribution in [0.25, 0.3) is 0 Å². The SMILES string of the molecule is Nc1ccc(F)c(C(=O)NCC(F)(F)F)c1F. The lowest BCUT2D eigenvalue weighted by atomic mass is 10.1. The number of carbonyl (C=O) groups excluding carboxylic acids is 1. The van der Waals surface area contributed by atoms with Gasteiger partial charge in [-0.15, -0.1) is 0 Å². The van der Waals surface area contributed by atoms with Gasteiger partial charge < -0.3 is 11.1 Å². The van der Waals surface area contributed by atoms with Gasteiger partial charge in [-0.3, -0.25) is 4.79 Å². The van der Waals surface area contributed by atoms with Gasteiger partial charge in [-0.1, -0.05) is 0 Å². The lowest BCUT2D eigenvalue weighted by Gasteiger charge is -2.10. The number of alkyl halides is 3. The van der Waals surface area contributed by atoms with Crippen molar-refractivity contribution in [3.05, 3.63) is 29.3 Å². The minimum Gasteiger partial charge on any atom is -0.396 e. The van der Waals surface area contributed by atoms with E-state index in [0.717, 1.165) is 6.07 Å². The molecule has 0 bridgehead atoms. The van der Waals surface area contributed by atoms with Crippen molar-refractivity contribution in [1.29, 1.82) is 0 Å². The molecule has 0 atom stereocenters. The van der Waals surface area contributed by atoms with Crippen molar-refractivity contribution in [2.24, 2.45) is 0 Å². The molecule has 1 aromatic rings. The maximum Gasteiger partial charge on any atom is 0.405 e. The van der Waals surface area contributed by atoms with Crippen LogP contribution in [0.2, 0.25) is 0 Å². The van der Waals surface area contributed by atoms with Crippen LogP contribution >= 0.6 is 0 Å². The van der Waals surface area contributed by atoms with Crippen molar-refractivity contribution in [3.63, 3.8) is 0 Å². The van der Waals surface area contributed by atoms with Gasteiger partial charge in [0, 0.05) is 0 Å². The van der Waals surface area contributed by atoms with Crippen LogP contribution in [0.5, 0.6) is 0 Å². The van der Waals surface area contributed by atoms with E-state index in [1.54, 1.807) is 0 Å². The Morgan fingerprint density at radius 2 is 1.88 bits per heavy atom. The van der Waals surface area contributed by atoms with Crippen LogP contribution < -0.4 is 11.1 Å². The highest BCUT2D eigenvalue weighted by Gasteiger charge is 2.29. The van der Waals surface area contributed by atoms with E-state index in [1.807, 2.05) is 0 Å². The predicted octanol–water partition coefficient (Wildman–Crippen LogP) is 1.84. The molecule has 8 heteroatoms. The summed E-state index contributed by atoms with van der Waals surface area (Å²) in [6.45, 7) is -1.68. The average molecular weight is 254 g/mol. The van der Waals surface area contributed by atoms with Gasteiger partial charge >= 0.3 is 6.18 Å². The minimum absolute atomic E-state index is 0.524. The number of hydrogen-bond donors (Lipinski definition) is 2. The fourth-order valence-corrected chi connectivity index (χ4v) is 1.05. The molecule has 3 nitrogen and oxygen atoms in total. The van der Waals surface area contributed by atoms with Crippen LogP contribution in [-0.2, 0) is 0 Å². The van der Waals surface area contributed by atoms with Crippen LogP contribution in [-0.4, -0.2) is 18.6 Å². The molecule has 1 amide bonds. The molecule has 0 aliphatic heterocycles. The van der Waals surface area contributed by atoms with E-state index in [9.17, 15) is 26.7 Å². The second-order valence-electron chi connectivity index (χ2n) is 3.12. The van der Waals surface area contributed by atoms with E-state index in [4.69, 9.17) is 5.73 Å². The van der Waals surface area contributed by atoms with Gasteiger partial charge in [0.15, 0.2) is 5.82 Å². The number of carbonyl (C=O) groups is 1. The maximum atomic E-state index is 13.2. The number of halogens is 5. The molecule has 1 rings (SSSR count). The summed E-state index contributed by atoms with van der Waals surface area (Å²) in [5.41, 5.74) is 3.41. The Hall–Kier alpha value is -1.86. The Labute approximate surface area is 92.4 Å². The third-order valence-electron chi connectivity index (χ3n) is 1.80. The Morgan fingerprint density at radius 3 is 2.41 bits per heavy atom. The Kier molecular flexibility index (Phi) is 3.54. The first-order valence-electron chi connectivity index (χ1n) is 4.31. The summed E-state index contributed by atoms with van der Waals surface area (Å²) in [6, 6.07) is 1.56. The summed E-state index contributed by atoms with van der Waals surface area (Å²) in [6.07, 6.45) is -4.66. The lowest BCUT2D eigenvalue weighted by molar-refractivity contribution is -0.123. The number of nitrogens with two attached hydrogens (primary N) is 1. The molecule has 17 heavy (non-hydrogen) atoms. The van der Waals surface area contributed by atoms with Crippen LogP contribution in [0.4, 0.5) is 27.6 Å². The zero-order chi connectivity index (χ0) is 13.2. The van der Waals surface area contributed by atoms with Gasteiger partial charge in [0.2, 0.25) is 0 Å². The second kappa shape index (κ2) is 4.56. The molecular weight excluding hydrogens is 247 g/mol. The summed E-state index contributed by atoms with van der Waals surface area (Å²) in [5, 5.41) is 1.35. The smallest absolute Gasteiger partial charge is 0.396 e. The zero-order valence-corrected chi connectivity index (χ0v) is 8.24. The van der Waals surface area contributed by atoms with E-state index >= 15 is 0 Å². The number of hydrogen-bond acceptors (Lipinski definition) is 2. The van der Waals surface area contributed by atoms with Crippen molar-refractivity contribution in [2.75, 3.05) is 12.3 Å².